The quantitative estimate of drug-likeness (QED) is 0.618. The van der Waals surface area contributed by atoms with Crippen molar-refractivity contribution < 1.29 is 13.7 Å². The Kier molecular flexibility index (Phi) is 5.90. The summed E-state index contributed by atoms with van der Waals surface area (Å²) in [6.45, 7) is 0.231. The van der Waals surface area contributed by atoms with Gasteiger partial charge in [0.15, 0.2) is 0 Å². The van der Waals surface area contributed by atoms with Crippen LogP contribution in [0.1, 0.15) is 30.7 Å². The van der Waals surface area contributed by atoms with Gasteiger partial charge < -0.3 is 9.84 Å². The molecule has 0 spiro atoms. The van der Waals surface area contributed by atoms with Crippen LogP contribution < -0.4 is 5.32 Å². The Morgan fingerprint density at radius 2 is 2.04 bits per heavy atom. The van der Waals surface area contributed by atoms with Crippen molar-refractivity contribution in [2.45, 2.75) is 32.2 Å². The lowest BCUT2D eigenvalue weighted by Gasteiger charge is -2.03. The summed E-state index contributed by atoms with van der Waals surface area (Å²) >= 11 is 1.53. The van der Waals surface area contributed by atoms with Crippen molar-refractivity contribution >= 4 is 17.2 Å². The minimum absolute atomic E-state index is 0.0463. The van der Waals surface area contributed by atoms with Gasteiger partial charge in [0.1, 0.15) is 5.82 Å². The molecule has 0 aliphatic heterocycles. The van der Waals surface area contributed by atoms with Crippen molar-refractivity contribution in [3.63, 3.8) is 0 Å². The van der Waals surface area contributed by atoms with Gasteiger partial charge in [-0.3, -0.25) is 4.79 Å². The van der Waals surface area contributed by atoms with E-state index in [0.717, 1.165) is 29.7 Å². The Morgan fingerprint density at radius 3 is 2.80 bits per heavy atom. The Labute approximate surface area is 148 Å². The monoisotopic (exact) mass is 359 g/mol. The van der Waals surface area contributed by atoms with E-state index in [1.54, 1.807) is 12.1 Å². The number of thiophene rings is 1. The smallest absolute Gasteiger partial charge is 0.246 e. The summed E-state index contributed by atoms with van der Waals surface area (Å²) in [6, 6.07) is 10.3. The fourth-order valence-corrected chi connectivity index (χ4v) is 3.01. The molecule has 130 valence electrons. The number of aromatic nitrogens is 2. The minimum Gasteiger partial charge on any atom is -0.347 e. The van der Waals surface area contributed by atoms with E-state index in [1.165, 1.54) is 23.5 Å². The molecule has 7 heteroatoms. The molecular formula is C18H18FN3O2S. The summed E-state index contributed by atoms with van der Waals surface area (Å²) in [4.78, 5) is 17.0. The van der Waals surface area contributed by atoms with Crippen LogP contribution in [0.15, 0.2) is 46.3 Å². The normalized spacial score (nSPS) is 10.8. The van der Waals surface area contributed by atoms with Crippen LogP contribution in [-0.4, -0.2) is 16.0 Å². The van der Waals surface area contributed by atoms with Gasteiger partial charge in [-0.25, -0.2) is 4.39 Å². The van der Waals surface area contributed by atoms with E-state index in [2.05, 4.69) is 15.5 Å². The number of nitrogens with one attached hydrogen (secondary N) is 1. The summed E-state index contributed by atoms with van der Waals surface area (Å²) in [7, 11) is 0. The highest BCUT2D eigenvalue weighted by atomic mass is 32.1. The lowest BCUT2D eigenvalue weighted by atomic mass is 10.1. The second-order valence-corrected chi connectivity index (χ2v) is 6.55. The molecule has 2 heterocycles. The van der Waals surface area contributed by atoms with Crippen LogP contribution in [0.5, 0.6) is 0 Å². The predicted octanol–water partition coefficient (Wildman–Crippen LogP) is 3.97. The molecule has 0 aliphatic carbocycles. The van der Waals surface area contributed by atoms with E-state index in [-0.39, 0.29) is 18.3 Å². The number of carbonyl (C=O) groups excluding carboxylic acids is 1. The van der Waals surface area contributed by atoms with Crippen LogP contribution in [0.25, 0.3) is 10.7 Å². The summed E-state index contributed by atoms with van der Waals surface area (Å²) in [5, 5.41) is 8.62. The number of rotatable bonds is 8. The summed E-state index contributed by atoms with van der Waals surface area (Å²) in [6.07, 6.45) is 2.92. The number of aryl methyl sites for hydroxylation is 1. The van der Waals surface area contributed by atoms with E-state index in [9.17, 15) is 9.18 Å². The summed E-state index contributed by atoms with van der Waals surface area (Å²) < 4.78 is 17.9. The van der Waals surface area contributed by atoms with E-state index in [1.807, 2.05) is 17.5 Å². The maximum Gasteiger partial charge on any atom is 0.246 e. The molecule has 0 saturated carbocycles. The van der Waals surface area contributed by atoms with E-state index in [0.29, 0.717) is 18.1 Å². The first kappa shape index (κ1) is 17.3. The SMILES string of the molecule is O=C(CCCCc1ccc(F)cc1)NCc1nc(-c2cccs2)no1. The van der Waals surface area contributed by atoms with E-state index < -0.39 is 0 Å². The number of benzene rings is 1. The number of amides is 1. The van der Waals surface area contributed by atoms with Gasteiger partial charge in [0.25, 0.3) is 0 Å². The number of hydrogen-bond acceptors (Lipinski definition) is 5. The van der Waals surface area contributed by atoms with Crippen LogP contribution in [0.2, 0.25) is 0 Å². The lowest BCUT2D eigenvalue weighted by Crippen LogP contribution is -2.22. The third-order valence-electron chi connectivity index (χ3n) is 3.68. The molecule has 1 N–H and O–H groups in total. The zero-order chi connectivity index (χ0) is 17.5. The van der Waals surface area contributed by atoms with Crippen molar-refractivity contribution in [2.75, 3.05) is 0 Å². The fourth-order valence-electron chi connectivity index (χ4n) is 2.36. The molecule has 0 saturated heterocycles. The Balaban J connectivity index is 1.35. The second-order valence-electron chi connectivity index (χ2n) is 5.60. The molecule has 5 nitrogen and oxygen atoms in total. The van der Waals surface area contributed by atoms with Crippen LogP contribution in [0.3, 0.4) is 0 Å². The molecule has 0 fully saturated rings. The highest BCUT2D eigenvalue weighted by Crippen LogP contribution is 2.21. The number of hydrogen-bond donors (Lipinski definition) is 1. The first-order valence-electron chi connectivity index (χ1n) is 8.08. The van der Waals surface area contributed by atoms with Gasteiger partial charge in [0, 0.05) is 6.42 Å². The zero-order valence-corrected chi connectivity index (χ0v) is 14.4. The van der Waals surface area contributed by atoms with Crippen molar-refractivity contribution in [2.24, 2.45) is 0 Å². The Hall–Kier alpha value is -2.54. The van der Waals surface area contributed by atoms with Gasteiger partial charge in [0.2, 0.25) is 17.6 Å². The molecule has 2 aromatic heterocycles. The molecule has 25 heavy (non-hydrogen) atoms. The molecule has 3 rings (SSSR count). The number of halogens is 1. The molecule has 0 bridgehead atoms. The number of nitrogens with zero attached hydrogens (tertiary/aromatic N) is 2. The van der Waals surface area contributed by atoms with Crippen molar-refractivity contribution in [1.82, 2.24) is 15.5 Å². The standard InChI is InChI=1S/C18H18FN3O2S/c19-14-9-7-13(8-10-14)4-1-2-6-16(23)20-12-17-21-18(22-24-17)15-5-3-11-25-15/h3,5,7-11H,1-2,4,6,12H2,(H,20,23). The molecule has 3 aromatic rings. The maximum atomic E-state index is 12.8. The van der Waals surface area contributed by atoms with E-state index in [4.69, 9.17) is 4.52 Å². The van der Waals surface area contributed by atoms with Crippen LogP contribution in [0, 0.1) is 5.82 Å². The molecule has 0 atom stereocenters. The molecule has 1 amide bonds. The topological polar surface area (TPSA) is 68.0 Å². The maximum absolute atomic E-state index is 12.8. The highest BCUT2D eigenvalue weighted by Gasteiger charge is 2.10. The highest BCUT2D eigenvalue weighted by molar-refractivity contribution is 7.13. The number of unbranched alkanes of at least 4 members (excludes halogenated alkanes) is 1. The summed E-state index contributed by atoms with van der Waals surface area (Å²) in [5.74, 6) is 0.656. The third kappa shape index (κ3) is 5.22. The third-order valence-corrected chi connectivity index (χ3v) is 4.54. The average molecular weight is 359 g/mol. The molecular weight excluding hydrogens is 341 g/mol. The van der Waals surface area contributed by atoms with Crippen molar-refractivity contribution in [3.05, 3.63) is 59.0 Å². The Morgan fingerprint density at radius 1 is 1.20 bits per heavy atom. The van der Waals surface area contributed by atoms with Gasteiger partial charge in [-0.05, 0) is 48.4 Å². The van der Waals surface area contributed by atoms with Crippen molar-refractivity contribution in [3.8, 4) is 10.7 Å². The molecule has 0 aliphatic rings. The zero-order valence-electron chi connectivity index (χ0n) is 13.6. The first-order valence-corrected chi connectivity index (χ1v) is 8.96. The minimum atomic E-state index is -0.230. The first-order chi connectivity index (χ1) is 12.2. The van der Waals surface area contributed by atoms with Crippen LogP contribution in [-0.2, 0) is 17.8 Å². The van der Waals surface area contributed by atoms with Gasteiger partial charge in [-0.1, -0.05) is 23.4 Å². The average Bonchev–Trinajstić information content (AvgIpc) is 3.29. The van der Waals surface area contributed by atoms with Crippen molar-refractivity contribution in [1.29, 1.82) is 0 Å². The van der Waals surface area contributed by atoms with Gasteiger partial charge >= 0.3 is 0 Å². The summed E-state index contributed by atoms with van der Waals surface area (Å²) in [5.41, 5.74) is 1.08. The van der Waals surface area contributed by atoms with Gasteiger partial charge in [-0.2, -0.15) is 4.98 Å². The second kappa shape index (κ2) is 8.53. The fraction of sp³-hybridized carbons (Fsp3) is 0.278. The molecule has 0 unspecified atom stereocenters. The molecule has 0 radical (unpaired) electrons. The largest absolute Gasteiger partial charge is 0.347 e. The lowest BCUT2D eigenvalue weighted by molar-refractivity contribution is -0.121. The van der Waals surface area contributed by atoms with Gasteiger partial charge in [0.05, 0.1) is 11.4 Å². The van der Waals surface area contributed by atoms with Crippen LogP contribution >= 0.6 is 11.3 Å². The predicted molar refractivity (Wildman–Crippen MR) is 93.4 cm³/mol. The number of carbonyl (C=O) groups is 1. The van der Waals surface area contributed by atoms with Gasteiger partial charge in [-0.15, -0.1) is 11.3 Å². The molecule has 1 aromatic carbocycles. The van der Waals surface area contributed by atoms with E-state index >= 15 is 0 Å². The van der Waals surface area contributed by atoms with Crippen LogP contribution in [0.4, 0.5) is 4.39 Å². The Bertz CT molecular complexity index is 800.